The molecule has 4 rings (SSSR count). The van der Waals surface area contributed by atoms with Crippen molar-refractivity contribution in [3.63, 3.8) is 0 Å². The van der Waals surface area contributed by atoms with Crippen molar-refractivity contribution in [3.8, 4) is 11.6 Å². The zero-order valence-electron chi connectivity index (χ0n) is 17.8. The third-order valence-electron chi connectivity index (χ3n) is 5.50. The van der Waals surface area contributed by atoms with Crippen LogP contribution in [0.15, 0.2) is 60.7 Å². The molecule has 0 amide bonds. The average Bonchev–Trinajstić information content (AvgIpc) is 2.79. The zero-order valence-corrected chi connectivity index (χ0v) is 19.4. The Balaban J connectivity index is 1.43. The van der Waals surface area contributed by atoms with E-state index in [0.717, 1.165) is 23.6 Å². The lowest BCUT2D eigenvalue weighted by Crippen LogP contribution is -2.45. The number of halogens is 1. The van der Waals surface area contributed by atoms with Crippen LogP contribution in [0, 0.1) is 6.92 Å². The minimum Gasteiger partial charge on any atom is -0.439 e. The highest BCUT2D eigenvalue weighted by atomic mass is 35.5. The van der Waals surface area contributed by atoms with Gasteiger partial charge < -0.3 is 20.1 Å². The minimum absolute atomic E-state index is 0.107. The Hall–Kier alpha value is -2.74. The lowest BCUT2D eigenvalue weighted by molar-refractivity contribution is 0.0515. The van der Waals surface area contributed by atoms with Gasteiger partial charge in [-0.2, -0.15) is 4.98 Å². The topological polar surface area (TPSA) is 68.3 Å². The number of anilines is 1. The molecule has 166 valence electrons. The number of aromatic nitrogens is 2. The highest BCUT2D eigenvalue weighted by Gasteiger charge is 2.34. The lowest BCUT2D eigenvalue weighted by atomic mass is 9.74. The highest BCUT2D eigenvalue weighted by molar-refractivity contribution is 7.80. The van der Waals surface area contributed by atoms with E-state index in [4.69, 9.17) is 33.3 Å². The van der Waals surface area contributed by atoms with Crippen LogP contribution in [-0.2, 0) is 10.2 Å². The van der Waals surface area contributed by atoms with Crippen LogP contribution in [-0.4, -0.2) is 34.8 Å². The molecule has 0 saturated carbocycles. The van der Waals surface area contributed by atoms with Gasteiger partial charge in [0.2, 0.25) is 11.8 Å². The average molecular weight is 469 g/mol. The fourth-order valence-electron chi connectivity index (χ4n) is 3.80. The fourth-order valence-corrected chi connectivity index (χ4v) is 4.15. The van der Waals surface area contributed by atoms with E-state index >= 15 is 0 Å². The van der Waals surface area contributed by atoms with Crippen LogP contribution in [0.2, 0.25) is 5.02 Å². The van der Waals surface area contributed by atoms with Crippen molar-refractivity contribution in [3.05, 3.63) is 76.9 Å². The number of hydrogen-bond acceptors (Lipinski definition) is 5. The molecule has 0 bridgehead atoms. The van der Waals surface area contributed by atoms with E-state index in [1.807, 2.05) is 55.5 Å². The van der Waals surface area contributed by atoms with Crippen LogP contribution in [0.4, 0.5) is 5.95 Å². The predicted octanol–water partition coefficient (Wildman–Crippen LogP) is 5.27. The molecule has 2 aromatic carbocycles. The second-order valence-electron chi connectivity index (χ2n) is 7.80. The van der Waals surface area contributed by atoms with Gasteiger partial charge in [-0.05, 0) is 61.8 Å². The summed E-state index contributed by atoms with van der Waals surface area (Å²) in [5.74, 6) is 1.55. The van der Waals surface area contributed by atoms with Crippen molar-refractivity contribution >= 4 is 34.9 Å². The molecule has 0 unspecified atom stereocenters. The van der Waals surface area contributed by atoms with Crippen LogP contribution in [0.1, 0.15) is 24.1 Å². The number of ether oxygens (including phenoxy) is 2. The van der Waals surface area contributed by atoms with Gasteiger partial charge in [-0.3, -0.25) is 0 Å². The monoisotopic (exact) mass is 468 g/mol. The summed E-state index contributed by atoms with van der Waals surface area (Å²) in [4.78, 5) is 8.87. The molecule has 3 aromatic rings. The van der Waals surface area contributed by atoms with E-state index in [-0.39, 0.29) is 5.41 Å². The van der Waals surface area contributed by atoms with E-state index in [0.29, 0.717) is 42.4 Å². The van der Waals surface area contributed by atoms with Crippen molar-refractivity contribution in [2.75, 3.05) is 25.1 Å². The molecular formula is C24H25ClN4O2S. The largest absolute Gasteiger partial charge is 0.439 e. The molecule has 1 aliphatic rings. The molecule has 2 N–H and O–H groups in total. The predicted molar refractivity (Wildman–Crippen MR) is 131 cm³/mol. The maximum Gasteiger partial charge on any atom is 0.232 e. The molecular weight excluding hydrogens is 444 g/mol. The summed E-state index contributed by atoms with van der Waals surface area (Å²) >= 11 is 11.8. The molecule has 1 aliphatic heterocycles. The van der Waals surface area contributed by atoms with Crippen LogP contribution in [0.3, 0.4) is 0 Å². The van der Waals surface area contributed by atoms with Crippen LogP contribution >= 0.6 is 23.8 Å². The third-order valence-corrected chi connectivity index (χ3v) is 5.98. The lowest BCUT2D eigenvalue weighted by Gasteiger charge is -2.38. The Bertz CT molecular complexity index is 1070. The number of thiocarbonyl (C=S) groups is 1. The Morgan fingerprint density at radius 2 is 1.88 bits per heavy atom. The molecule has 0 aliphatic carbocycles. The van der Waals surface area contributed by atoms with Crippen LogP contribution < -0.4 is 15.4 Å². The Morgan fingerprint density at radius 1 is 1.09 bits per heavy atom. The van der Waals surface area contributed by atoms with Crippen molar-refractivity contribution < 1.29 is 9.47 Å². The van der Waals surface area contributed by atoms with Gasteiger partial charge in [-0.15, -0.1) is 0 Å². The van der Waals surface area contributed by atoms with E-state index in [1.165, 1.54) is 5.56 Å². The first kappa shape index (κ1) is 22.5. The number of para-hydroxylation sites is 1. The summed E-state index contributed by atoms with van der Waals surface area (Å²) in [6, 6.07) is 19.3. The molecule has 1 aromatic heterocycles. The summed E-state index contributed by atoms with van der Waals surface area (Å²) in [5.41, 5.74) is 1.86. The maximum atomic E-state index is 6.27. The zero-order chi connectivity index (χ0) is 22.4. The molecule has 1 saturated heterocycles. The van der Waals surface area contributed by atoms with Crippen molar-refractivity contribution in [1.29, 1.82) is 0 Å². The smallest absolute Gasteiger partial charge is 0.232 e. The highest BCUT2D eigenvalue weighted by Crippen LogP contribution is 2.35. The van der Waals surface area contributed by atoms with Gasteiger partial charge in [0, 0.05) is 42.0 Å². The molecule has 2 heterocycles. The van der Waals surface area contributed by atoms with Crippen LogP contribution in [0.25, 0.3) is 0 Å². The normalized spacial score (nSPS) is 15.1. The standard InChI is InChI=1S/C24H25ClN4O2S/c1-17-14-21(31-20-8-3-2-4-9-20)28-22(27-17)29-23(32)26-16-24(10-12-30-13-11-24)18-6-5-7-19(25)15-18/h2-9,14-15H,10-13,16H2,1H3,(H2,26,27,28,29,32). The number of hydrogen-bond donors (Lipinski definition) is 2. The SMILES string of the molecule is Cc1cc(Oc2ccccc2)nc(NC(=S)NCC2(c3cccc(Cl)c3)CCOCC2)n1. The van der Waals surface area contributed by atoms with Gasteiger partial charge in [0.25, 0.3) is 0 Å². The summed E-state index contributed by atoms with van der Waals surface area (Å²) in [5, 5.41) is 7.62. The van der Waals surface area contributed by atoms with Gasteiger partial charge in [0.1, 0.15) is 5.75 Å². The number of rotatable bonds is 6. The molecule has 6 nitrogen and oxygen atoms in total. The van der Waals surface area contributed by atoms with E-state index in [1.54, 1.807) is 6.07 Å². The first-order valence-corrected chi connectivity index (χ1v) is 11.3. The first-order valence-electron chi connectivity index (χ1n) is 10.5. The van der Waals surface area contributed by atoms with Crippen molar-refractivity contribution in [2.45, 2.75) is 25.2 Å². The number of benzene rings is 2. The Morgan fingerprint density at radius 3 is 2.62 bits per heavy atom. The minimum atomic E-state index is -0.107. The van der Waals surface area contributed by atoms with E-state index < -0.39 is 0 Å². The summed E-state index contributed by atoms with van der Waals surface area (Å²) in [6.07, 6.45) is 1.78. The van der Waals surface area contributed by atoms with Gasteiger partial charge in [0.05, 0.1) is 0 Å². The van der Waals surface area contributed by atoms with E-state index in [9.17, 15) is 0 Å². The quantitative estimate of drug-likeness (QED) is 0.478. The van der Waals surface area contributed by atoms with Gasteiger partial charge in [0.15, 0.2) is 5.11 Å². The number of nitrogens with zero attached hydrogens (tertiary/aromatic N) is 2. The molecule has 0 spiro atoms. The number of nitrogens with one attached hydrogen (secondary N) is 2. The molecule has 1 fully saturated rings. The van der Waals surface area contributed by atoms with Crippen molar-refractivity contribution in [1.82, 2.24) is 15.3 Å². The molecule has 8 heteroatoms. The maximum absolute atomic E-state index is 6.27. The fraction of sp³-hybridized carbons (Fsp3) is 0.292. The van der Waals surface area contributed by atoms with Gasteiger partial charge in [-0.1, -0.05) is 41.9 Å². The van der Waals surface area contributed by atoms with Crippen LogP contribution in [0.5, 0.6) is 11.6 Å². The summed E-state index contributed by atoms with van der Waals surface area (Å²) in [6.45, 7) is 3.95. The molecule has 32 heavy (non-hydrogen) atoms. The Kier molecular flexibility index (Phi) is 7.19. The number of aryl methyl sites for hydroxylation is 1. The van der Waals surface area contributed by atoms with Gasteiger partial charge >= 0.3 is 0 Å². The van der Waals surface area contributed by atoms with Crippen molar-refractivity contribution in [2.24, 2.45) is 0 Å². The van der Waals surface area contributed by atoms with Gasteiger partial charge in [-0.25, -0.2) is 4.98 Å². The third kappa shape index (κ3) is 5.73. The second kappa shape index (κ2) is 10.3. The van der Waals surface area contributed by atoms with E-state index in [2.05, 4.69) is 26.7 Å². The summed E-state index contributed by atoms with van der Waals surface area (Å²) in [7, 11) is 0. The first-order chi connectivity index (χ1) is 15.5. The Labute approximate surface area is 198 Å². The second-order valence-corrected chi connectivity index (χ2v) is 8.64. The molecule has 0 atom stereocenters. The summed E-state index contributed by atoms with van der Waals surface area (Å²) < 4.78 is 11.5. The molecule has 0 radical (unpaired) electrons.